The van der Waals surface area contributed by atoms with Crippen LogP contribution in [-0.4, -0.2) is 14.2 Å². The third-order valence-electron chi connectivity index (χ3n) is 2.96. The molecule has 0 bridgehead atoms. The average molecular weight is 341 g/mol. The second-order valence-electron chi connectivity index (χ2n) is 4.17. The fourth-order valence-electron chi connectivity index (χ4n) is 2.15. The number of para-hydroxylation sites is 1. The van der Waals surface area contributed by atoms with E-state index in [1.807, 2.05) is 37.4 Å². The largest absolute Gasteiger partial charge is 0.496 e. The number of hydrogen-bond acceptors (Lipinski definition) is 2. The molecule has 2 nitrogen and oxygen atoms in total. The summed E-state index contributed by atoms with van der Waals surface area (Å²) in [5.74, 6) is 0.859. The summed E-state index contributed by atoms with van der Waals surface area (Å²) in [4.78, 5) is 0. The van der Waals surface area contributed by atoms with Crippen molar-refractivity contribution in [2.24, 2.45) is 0 Å². The smallest absolute Gasteiger partial charge is 0.123 e. The van der Waals surface area contributed by atoms with Crippen molar-refractivity contribution >= 4 is 27.5 Å². The van der Waals surface area contributed by atoms with Crippen molar-refractivity contribution in [1.29, 1.82) is 0 Å². The number of hydrogen-bond donors (Lipinski definition) is 1. The maximum absolute atomic E-state index is 6.12. The first-order chi connectivity index (χ1) is 9.15. The Labute approximate surface area is 126 Å². The van der Waals surface area contributed by atoms with Crippen LogP contribution in [0.1, 0.15) is 17.2 Å². The lowest BCUT2D eigenvalue weighted by Crippen LogP contribution is -2.18. The highest BCUT2D eigenvalue weighted by Crippen LogP contribution is 2.32. The first kappa shape index (κ1) is 14.4. The molecule has 0 radical (unpaired) electrons. The molecule has 0 heterocycles. The Balaban J connectivity index is 2.49. The van der Waals surface area contributed by atoms with Gasteiger partial charge in [0.25, 0.3) is 0 Å². The molecule has 0 amide bonds. The lowest BCUT2D eigenvalue weighted by Gasteiger charge is -2.20. The van der Waals surface area contributed by atoms with Gasteiger partial charge in [0.15, 0.2) is 0 Å². The summed E-state index contributed by atoms with van der Waals surface area (Å²) in [5, 5.41) is 4.01. The third kappa shape index (κ3) is 3.30. The zero-order chi connectivity index (χ0) is 13.8. The zero-order valence-corrected chi connectivity index (χ0v) is 13.1. The van der Waals surface area contributed by atoms with Gasteiger partial charge in [-0.05, 0) is 36.9 Å². The van der Waals surface area contributed by atoms with Gasteiger partial charge >= 0.3 is 0 Å². The molecule has 0 saturated carbocycles. The Bertz CT molecular complexity index is 554. The number of benzene rings is 2. The van der Waals surface area contributed by atoms with E-state index >= 15 is 0 Å². The van der Waals surface area contributed by atoms with Crippen molar-refractivity contribution in [2.45, 2.75) is 6.04 Å². The average Bonchev–Trinajstić information content (AvgIpc) is 2.39. The van der Waals surface area contributed by atoms with Gasteiger partial charge in [0, 0.05) is 15.1 Å². The van der Waals surface area contributed by atoms with Gasteiger partial charge in [-0.3, -0.25) is 0 Å². The second kappa shape index (κ2) is 6.42. The van der Waals surface area contributed by atoms with Gasteiger partial charge in [0.1, 0.15) is 5.75 Å². The van der Waals surface area contributed by atoms with Gasteiger partial charge in [-0.1, -0.05) is 45.7 Å². The summed E-state index contributed by atoms with van der Waals surface area (Å²) in [6.45, 7) is 0. The van der Waals surface area contributed by atoms with Gasteiger partial charge in [-0.2, -0.15) is 0 Å². The molecule has 0 saturated heterocycles. The first-order valence-electron chi connectivity index (χ1n) is 5.92. The van der Waals surface area contributed by atoms with Crippen molar-refractivity contribution in [3.8, 4) is 5.75 Å². The van der Waals surface area contributed by atoms with Crippen molar-refractivity contribution in [2.75, 3.05) is 14.2 Å². The first-order valence-corrected chi connectivity index (χ1v) is 7.09. The number of ether oxygens (including phenoxy) is 1. The van der Waals surface area contributed by atoms with Gasteiger partial charge < -0.3 is 10.1 Å². The molecular weight excluding hydrogens is 326 g/mol. The molecule has 0 aliphatic rings. The van der Waals surface area contributed by atoms with Crippen LogP contribution in [0.3, 0.4) is 0 Å². The van der Waals surface area contributed by atoms with E-state index in [2.05, 4.69) is 33.4 Å². The Morgan fingerprint density at radius 3 is 2.58 bits per heavy atom. The summed E-state index contributed by atoms with van der Waals surface area (Å²) in [5.41, 5.74) is 2.17. The SMILES string of the molecule is CNC(c1cc(Cl)cc(Br)c1)c1ccccc1OC. The third-order valence-corrected chi connectivity index (χ3v) is 3.63. The van der Waals surface area contributed by atoms with Crippen LogP contribution in [0, 0.1) is 0 Å². The van der Waals surface area contributed by atoms with Gasteiger partial charge in [-0.25, -0.2) is 0 Å². The predicted molar refractivity (Wildman–Crippen MR) is 83.0 cm³/mol. The summed E-state index contributed by atoms with van der Waals surface area (Å²) < 4.78 is 6.39. The topological polar surface area (TPSA) is 21.3 Å². The van der Waals surface area contributed by atoms with Crippen LogP contribution in [0.15, 0.2) is 46.9 Å². The van der Waals surface area contributed by atoms with E-state index in [0.29, 0.717) is 5.02 Å². The van der Waals surface area contributed by atoms with Crippen LogP contribution in [0.4, 0.5) is 0 Å². The Kier molecular flexibility index (Phi) is 4.86. The van der Waals surface area contributed by atoms with E-state index < -0.39 is 0 Å². The highest BCUT2D eigenvalue weighted by atomic mass is 79.9. The normalized spacial score (nSPS) is 12.2. The predicted octanol–water partition coefficient (Wildman–Crippen LogP) is 4.42. The summed E-state index contributed by atoms with van der Waals surface area (Å²) in [6.07, 6.45) is 0. The van der Waals surface area contributed by atoms with Crippen LogP contribution >= 0.6 is 27.5 Å². The molecule has 2 rings (SSSR count). The monoisotopic (exact) mass is 339 g/mol. The van der Waals surface area contributed by atoms with E-state index in [4.69, 9.17) is 16.3 Å². The highest BCUT2D eigenvalue weighted by molar-refractivity contribution is 9.10. The maximum Gasteiger partial charge on any atom is 0.123 e. The van der Waals surface area contributed by atoms with E-state index in [0.717, 1.165) is 21.3 Å². The summed E-state index contributed by atoms with van der Waals surface area (Å²) in [7, 11) is 3.60. The summed E-state index contributed by atoms with van der Waals surface area (Å²) in [6, 6.07) is 13.9. The molecule has 2 aromatic rings. The quantitative estimate of drug-likeness (QED) is 0.889. The summed E-state index contributed by atoms with van der Waals surface area (Å²) >= 11 is 9.60. The number of rotatable bonds is 4. The molecule has 0 fully saturated rings. The van der Waals surface area contributed by atoms with Crippen LogP contribution in [0.5, 0.6) is 5.75 Å². The Morgan fingerprint density at radius 2 is 1.95 bits per heavy atom. The highest BCUT2D eigenvalue weighted by Gasteiger charge is 2.16. The maximum atomic E-state index is 6.12. The van der Waals surface area contributed by atoms with Crippen LogP contribution < -0.4 is 10.1 Å². The number of nitrogens with one attached hydrogen (secondary N) is 1. The molecule has 0 spiro atoms. The fourth-order valence-corrected chi connectivity index (χ4v) is 3.03. The molecule has 0 aromatic heterocycles. The van der Waals surface area contributed by atoms with Gasteiger partial charge in [-0.15, -0.1) is 0 Å². The fraction of sp³-hybridized carbons (Fsp3) is 0.200. The minimum atomic E-state index is 0.0335. The van der Waals surface area contributed by atoms with Crippen LogP contribution in [0.2, 0.25) is 5.02 Å². The van der Waals surface area contributed by atoms with Crippen molar-refractivity contribution in [3.63, 3.8) is 0 Å². The van der Waals surface area contributed by atoms with Gasteiger partial charge in [0.05, 0.1) is 13.2 Å². The number of halogens is 2. The molecule has 100 valence electrons. The van der Waals surface area contributed by atoms with Gasteiger partial charge in [0.2, 0.25) is 0 Å². The van der Waals surface area contributed by atoms with Crippen LogP contribution in [-0.2, 0) is 0 Å². The minimum absolute atomic E-state index is 0.0335. The standard InChI is InChI=1S/C15H15BrClNO/c1-18-15(10-7-11(16)9-12(17)8-10)13-5-3-4-6-14(13)19-2/h3-9,15,18H,1-2H3. The van der Waals surface area contributed by atoms with E-state index in [1.165, 1.54) is 0 Å². The minimum Gasteiger partial charge on any atom is -0.496 e. The Morgan fingerprint density at radius 1 is 1.21 bits per heavy atom. The van der Waals surface area contributed by atoms with Crippen molar-refractivity contribution in [3.05, 3.63) is 63.1 Å². The molecule has 1 unspecified atom stereocenters. The van der Waals surface area contributed by atoms with Crippen molar-refractivity contribution in [1.82, 2.24) is 5.32 Å². The molecule has 1 N–H and O–H groups in total. The molecule has 19 heavy (non-hydrogen) atoms. The van der Waals surface area contributed by atoms with E-state index in [1.54, 1.807) is 7.11 Å². The molecular formula is C15H15BrClNO. The molecule has 0 aliphatic heterocycles. The molecule has 1 atom stereocenters. The van der Waals surface area contributed by atoms with E-state index in [9.17, 15) is 0 Å². The van der Waals surface area contributed by atoms with Crippen LogP contribution in [0.25, 0.3) is 0 Å². The second-order valence-corrected chi connectivity index (χ2v) is 5.52. The van der Waals surface area contributed by atoms with Crippen molar-refractivity contribution < 1.29 is 4.74 Å². The zero-order valence-electron chi connectivity index (χ0n) is 10.8. The van der Waals surface area contributed by atoms with E-state index in [-0.39, 0.29) is 6.04 Å². The number of methoxy groups -OCH3 is 1. The lowest BCUT2D eigenvalue weighted by atomic mass is 9.98. The molecule has 0 aliphatic carbocycles. The Hall–Kier alpha value is -1.03. The molecule has 2 aromatic carbocycles. The lowest BCUT2D eigenvalue weighted by molar-refractivity contribution is 0.405. The molecule has 4 heteroatoms.